The van der Waals surface area contributed by atoms with Gasteiger partial charge in [0.15, 0.2) is 0 Å². The summed E-state index contributed by atoms with van der Waals surface area (Å²) in [6, 6.07) is 3.66. The van der Waals surface area contributed by atoms with Crippen LogP contribution in [0, 0.1) is 5.82 Å². The number of benzene rings is 1. The van der Waals surface area contributed by atoms with Crippen LogP contribution < -0.4 is 0 Å². The average Bonchev–Trinajstić information content (AvgIpc) is 2.66. The molecular formula is C10H5ClFNO3. The SMILES string of the molecule is O=C(O)c1cnc(-c2ccc(F)cc2Cl)o1. The van der Waals surface area contributed by atoms with Gasteiger partial charge in [-0.15, -0.1) is 0 Å². The second-order valence-electron chi connectivity index (χ2n) is 2.96. The third kappa shape index (κ3) is 1.90. The van der Waals surface area contributed by atoms with Crippen molar-refractivity contribution in [2.24, 2.45) is 0 Å². The minimum Gasteiger partial charge on any atom is -0.475 e. The normalized spacial score (nSPS) is 10.4. The molecule has 0 fully saturated rings. The van der Waals surface area contributed by atoms with Gasteiger partial charge in [-0.2, -0.15) is 0 Å². The van der Waals surface area contributed by atoms with E-state index in [0.717, 1.165) is 12.3 Å². The minimum absolute atomic E-state index is 0.0439. The highest BCUT2D eigenvalue weighted by Gasteiger charge is 2.14. The molecule has 0 aliphatic rings. The molecule has 0 aliphatic carbocycles. The van der Waals surface area contributed by atoms with Crippen molar-refractivity contribution >= 4 is 17.6 Å². The van der Waals surface area contributed by atoms with E-state index in [2.05, 4.69) is 4.98 Å². The molecule has 1 aromatic heterocycles. The summed E-state index contributed by atoms with van der Waals surface area (Å²) in [7, 11) is 0. The maximum atomic E-state index is 12.8. The molecule has 1 heterocycles. The monoisotopic (exact) mass is 241 g/mol. The first-order chi connectivity index (χ1) is 7.58. The van der Waals surface area contributed by atoms with Crippen molar-refractivity contribution < 1.29 is 18.7 Å². The van der Waals surface area contributed by atoms with E-state index >= 15 is 0 Å². The molecule has 4 nitrogen and oxygen atoms in total. The van der Waals surface area contributed by atoms with Crippen molar-refractivity contribution in [1.82, 2.24) is 4.98 Å². The summed E-state index contributed by atoms with van der Waals surface area (Å²) in [5.74, 6) is -1.96. The standard InChI is InChI=1S/C10H5ClFNO3/c11-7-3-5(12)1-2-6(7)9-13-4-8(16-9)10(14)15/h1-4H,(H,14,15). The maximum absolute atomic E-state index is 12.8. The number of carbonyl (C=O) groups is 1. The molecule has 0 spiro atoms. The molecule has 0 amide bonds. The fourth-order valence-electron chi connectivity index (χ4n) is 1.16. The number of aromatic carboxylic acids is 1. The number of hydrogen-bond acceptors (Lipinski definition) is 3. The Kier molecular flexibility index (Phi) is 2.62. The zero-order valence-corrected chi connectivity index (χ0v) is 8.53. The zero-order chi connectivity index (χ0) is 11.7. The van der Waals surface area contributed by atoms with E-state index < -0.39 is 11.8 Å². The van der Waals surface area contributed by atoms with Crippen molar-refractivity contribution in [1.29, 1.82) is 0 Å². The second kappa shape index (κ2) is 3.94. The van der Waals surface area contributed by atoms with Gasteiger partial charge in [-0.05, 0) is 18.2 Å². The second-order valence-corrected chi connectivity index (χ2v) is 3.37. The molecule has 0 aliphatic heterocycles. The van der Waals surface area contributed by atoms with Gasteiger partial charge in [0.05, 0.1) is 16.8 Å². The third-order valence-electron chi connectivity index (χ3n) is 1.88. The summed E-state index contributed by atoms with van der Waals surface area (Å²) in [5, 5.41) is 8.74. The first-order valence-electron chi connectivity index (χ1n) is 4.22. The lowest BCUT2D eigenvalue weighted by molar-refractivity contribution is 0.0663. The van der Waals surface area contributed by atoms with Crippen LogP contribution >= 0.6 is 11.6 Å². The summed E-state index contributed by atoms with van der Waals surface area (Å²) in [6.07, 6.45) is 1.07. The van der Waals surface area contributed by atoms with Crippen LogP contribution in [-0.2, 0) is 0 Å². The number of rotatable bonds is 2. The zero-order valence-electron chi connectivity index (χ0n) is 7.78. The van der Waals surface area contributed by atoms with E-state index in [-0.39, 0.29) is 16.7 Å². The van der Waals surface area contributed by atoms with Crippen LogP contribution in [0.5, 0.6) is 0 Å². The van der Waals surface area contributed by atoms with Gasteiger partial charge in [-0.3, -0.25) is 0 Å². The molecule has 0 atom stereocenters. The van der Waals surface area contributed by atoms with E-state index in [9.17, 15) is 9.18 Å². The van der Waals surface area contributed by atoms with Crippen LogP contribution in [-0.4, -0.2) is 16.1 Å². The predicted molar refractivity (Wildman–Crippen MR) is 53.9 cm³/mol. The molecule has 6 heteroatoms. The Morgan fingerprint density at radius 2 is 2.25 bits per heavy atom. The molecule has 1 aromatic carbocycles. The molecule has 0 unspecified atom stereocenters. The van der Waals surface area contributed by atoms with Crippen molar-refractivity contribution in [3.05, 3.63) is 41.0 Å². The Morgan fingerprint density at radius 3 is 2.81 bits per heavy atom. The van der Waals surface area contributed by atoms with Gasteiger partial charge in [0.1, 0.15) is 5.82 Å². The van der Waals surface area contributed by atoms with Crippen molar-refractivity contribution in [3.8, 4) is 11.5 Å². The van der Waals surface area contributed by atoms with Crippen LogP contribution in [0.15, 0.2) is 28.8 Å². The van der Waals surface area contributed by atoms with E-state index in [1.165, 1.54) is 12.1 Å². The minimum atomic E-state index is -1.23. The molecule has 0 saturated heterocycles. The molecule has 0 bridgehead atoms. The molecule has 0 saturated carbocycles. The molecule has 2 rings (SSSR count). The van der Waals surface area contributed by atoms with Gasteiger partial charge in [0.2, 0.25) is 11.7 Å². The molecular weight excluding hydrogens is 237 g/mol. The number of carboxylic acids is 1. The quantitative estimate of drug-likeness (QED) is 0.878. The van der Waals surface area contributed by atoms with Gasteiger partial charge < -0.3 is 9.52 Å². The fraction of sp³-hybridized carbons (Fsp3) is 0. The largest absolute Gasteiger partial charge is 0.475 e. The molecule has 82 valence electrons. The fourth-order valence-corrected chi connectivity index (χ4v) is 1.41. The van der Waals surface area contributed by atoms with Gasteiger partial charge in [0, 0.05) is 0 Å². The number of carboxylic acid groups (broad SMARTS) is 1. The van der Waals surface area contributed by atoms with Crippen molar-refractivity contribution in [2.45, 2.75) is 0 Å². The number of aromatic nitrogens is 1. The smallest absolute Gasteiger partial charge is 0.373 e. The number of hydrogen-bond donors (Lipinski definition) is 1. The van der Waals surface area contributed by atoms with Crippen LogP contribution in [0.3, 0.4) is 0 Å². The van der Waals surface area contributed by atoms with Crippen molar-refractivity contribution in [3.63, 3.8) is 0 Å². The Hall–Kier alpha value is -1.88. The molecule has 16 heavy (non-hydrogen) atoms. The van der Waals surface area contributed by atoms with Crippen LogP contribution in [0.1, 0.15) is 10.6 Å². The first kappa shape index (κ1) is 10.6. The van der Waals surface area contributed by atoms with Gasteiger partial charge >= 0.3 is 5.97 Å². The lowest BCUT2D eigenvalue weighted by Gasteiger charge is -1.98. The Bertz CT molecular complexity index is 553. The highest BCUT2D eigenvalue weighted by Crippen LogP contribution is 2.27. The average molecular weight is 242 g/mol. The Morgan fingerprint density at radius 1 is 1.50 bits per heavy atom. The number of nitrogens with zero attached hydrogens (tertiary/aromatic N) is 1. The van der Waals surface area contributed by atoms with Gasteiger partial charge in [0.25, 0.3) is 0 Å². The van der Waals surface area contributed by atoms with Gasteiger partial charge in [-0.25, -0.2) is 14.2 Å². The lowest BCUT2D eigenvalue weighted by Crippen LogP contribution is -1.91. The highest BCUT2D eigenvalue weighted by molar-refractivity contribution is 6.33. The Labute approximate surface area is 94.3 Å². The molecule has 1 N–H and O–H groups in total. The molecule has 2 aromatic rings. The third-order valence-corrected chi connectivity index (χ3v) is 2.19. The summed E-state index contributed by atoms with van der Waals surface area (Å²) in [5.41, 5.74) is 0.343. The van der Waals surface area contributed by atoms with E-state index in [1.807, 2.05) is 0 Å². The Balaban J connectivity index is 2.46. The van der Waals surface area contributed by atoms with E-state index in [0.29, 0.717) is 5.56 Å². The highest BCUT2D eigenvalue weighted by atomic mass is 35.5. The van der Waals surface area contributed by atoms with E-state index in [1.54, 1.807) is 0 Å². The van der Waals surface area contributed by atoms with Crippen molar-refractivity contribution in [2.75, 3.05) is 0 Å². The predicted octanol–water partition coefficient (Wildman–Crippen LogP) is 2.83. The number of oxazole rings is 1. The summed E-state index contributed by atoms with van der Waals surface area (Å²) < 4.78 is 17.7. The summed E-state index contributed by atoms with van der Waals surface area (Å²) in [4.78, 5) is 14.3. The summed E-state index contributed by atoms with van der Waals surface area (Å²) in [6.45, 7) is 0. The lowest BCUT2D eigenvalue weighted by atomic mass is 10.2. The van der Waals surface area contributed by atoms with Crippen LogP contribution in [0.4, 0.5) is 4.39 Å². The number of halogens is 2. The maximum Gasteiger partial charge on any atom is 0.373 e. The van der Waals surface area contributed by atoms with Crippen LogP contribution in [0.25, 0.3) is 11.5 Å². The molecule has 0 radical (unpaired) electrons. The first-order valence-corrected chi connectivity index (χ1v) is 4.60. The van der Waals surface area contributed by atoms with E-state index in [4.69, 9.17) is 21.1 Å². The van der Waals surface area contributed by atoms with Crippen LogP contribution in [0.2, 0.25) is 5.02 Å². The van der Waals surface area contributed by atoms with Gasteiger partial charge in [-0.1, -0.05) is 11.6 Å². The topological polar surface area (TPSA) is 63.3 Å². The summed E-state index contributed by atoms with van der Waals surface area (Å²) >= 11 is 5.77.